The Bertz CT molecular complexity index is 312. The molecule has 0 aromatic carbocycles. The summed E-state index contributed by atoms with van der Waals surface area (Å²) in [6.45, 7) is 3.20. The van der Waals surface area contributed by atoms with Crippen molar-refractivity contribution < 1.29 is 0 Å². The Morgan fingerprint density at radius 2 is 2.31 bits per heavy atom. The molecule has 1 aliphatic rings. The highest BCUT2D eigenvalue weighted by Gasteiger charge is 2.28. The van der Waals surface area contributed by atoms with Gasteiger partial charge in [-0.15, -0.1) is 23.7 Å². The summed E-state index contributed by atoms with van der Waals surface area (Å²) in [4.78, 5) is 8.31. The summed E-state index contributed by atoms with van der Waals surface area (Å²) in [5.41, 5.74) is 3.37. The fourth-order valence-corrected chi connectivity index (χ4v) is 2.64. The molecule has 0 amide bonds. The van der Waals surface area contributed by atoms with Gasteiger partial charge in [0.1, 0.15) is 0 Å². The highest BCUT2D eigenvalue weighted by atomic mass is 35.5. The van der Waals surface area contributed by atoms with Crippen LogP contribution in [0.4, 0.5) is 0 Å². The molecule has 1 aromatic heterocycles. The molecule has 5 heteroatoms. The molecular weight excluding hydrogens is 242 g/mol. The highest BCUT2D eigenvalue weighted by molar-refractivity contribution is 7.09. The predicted molar refractivity (Wildman–Crippen MR) is 71.6 cm³/mol. The molecule has 2 rings (SSSR count). The summed E-state index contributed by atoms with van der Waals surface area (Å²) in [5.74, 6) is 0.781. The summed E-state index contributed by atoms with van der Waals surface area (Å²) in [6, 6.07) is 0. The van der Waals surface area contributed by atoms with E-state index in [1.807, 2.05) is 12.6 Å². The lowest BCUT2D eigenvalue weighted by atomic mass is 10.2. The molecule has 0 aliphatic heterocycles. The summed E-state index contributed by atoms with van der Waals surface area (Å²) in [7, 11) is 4.17. The van der Waals surface area contributed by atoms with Crippen molar-refractivity contribution in [2.24, 2.45) is 0 Å². The van der Waals surface area contributed by atoms with Crippen LogP contribution in [0, 0.1) is 0 Å². The number of nitrogens with zero attached hydrogens (tertiary/aromatic N) is 2. The normalized spacial score (nSPS) is 15.2. The SMILES string of the molecule is CNCCN(C)Cc1scnc1C1CC1.Cl. The van der Waals surface area contributed by atoms with Crippen molar-refractivity contribution in [2.75, 3.05) is 27.2 Å². The van der Waals surface area contributed by atoms with Gasteiger partial charge in [-0.05, 0) is 26.9 Å². The third-order valence-electron chi connectivity index (χ3n) is 2.79. The van der Waals surface area contributed by atoms with Crippen LogP contribution >= 0.6 is 23.7 Å². The Morgan fingerprint density at radius 1 is 1.56 bits per heavy atom. The van der Waals surface area contributed by atoms with Gasteiger partial charge in [-0.2, -0.15) is 0 Å². The second kappa shape index (κ2) is 6.55. The first-order valence-corrected chi connectivity index (χ1v) is 6.44. The van der Waals surface area contributed by atoms with Crippen LogP contribution in [-0.4, -0.2) is 37.1 Å². The molecule has 3 nitrogen and oxygen atoms in total. The Kier molecular flexibility index (Phi) is 5.69. The van der Waals surface area contributed by atoms with E-state index in [2.05, 4.69) is 22.2 Å². The van der Waals surface area contributed by atoms with E-state index >= 15 is 0 Å². The molecule has 1 aromatic rings. The lowest BCUT2D eigenvalue weighted by Gasteiger charge is -2.15. The van der Waals surface area contributed by atoms with Crippen molar-refractivity contribution in [3.05, 3.63) is 16.1 Å². The third-order valence-corrected chi connectivity index (χ3v) is 3.63. The van der Waals surface area contributed by atoms with Gasteiger partial charge in [0.05, 0.1) is 11.2 Å². The molecule has 92 valence electrons. The first-order chi connectivity index (χ1) is 7.31. The lowest BCUT2D eigenvalue weighted by Crippen LogP contribution is -2.26. The van der Waals surface area contributed by atoms with Gasteiger partial charge in [-0.25, -0.2) is 4.98 Å². The van der Waals surface area contributed by atoms with Gasteiger partial charge in [-0.3, -0.25) is 4.90 Å². The van der Waals surface area contributed by atoms with Crippen LogP contribution in [0.2, 0.25) is 0 Å². The van der Waals surface area contributed by atoms with Crippen LogP contribution in [0.1, 0.15) is 29.3 Å². The maximum Gasteiger partial charge on any atom is 0.0798 e. The number of rotatable bonds is 6. The summed E-state index contributed by atoms with van der Waals surface area (Å²) in [5, 5.41) is 3.17. The number of nitrogens with one attached hydrogen (secondary N) is 1. The van der Waals surface area contributed by atoms with E-state index in [9.17, 15) is 0 Å². The minimum Gasteiger partial charge on any atom is -0.318 e. The molecule has 0 bridgehead atoms. The molecule has 0 unspecified atom stereocenters. The number of hydrogen-bond donors (Lipinski definition) is 1. The molecule has 1 aliphatic carbocycles. The van der Waals surface area contributed by atoms with E-state index in [-0.39, 0.29) is 12.4 Å². The van der Waals surface area contributed by atoms with Crippen LogP contribution in [0.25, 0.3) is 0 Å². The molecule has 0 radical (unpaired) electrons. The number of halogens is 1. The standard InChI is InChI=1S/C11H19N3S.ClH/c1-12-5-6-14(2)7-10-11(9-3-4-9)13-8-15-10;/h8-9,12H,3-7H2,1-2H3;1H. The number of hydrogen-bond acceptors (Lipinski definition) is 4. The maximum atomic E-state index is 4.49. The average Bonchev–Trinajstić information content (AvgIpc) is 2.97. The minimum absolute atomic E-state index is 0. The Balaban J connectivity index is 0.00000128. The number of aromatic nitrogens is 1. The van der Waals surface area contributed by atoms with Gasteiger partial charge in [0.2, 0.25) is 0 Å². The highest BCUT2D eigenvalue weighted by Crippen LogP contribution is 2.41. The summed E-state index contributed by atoms with van der Waals surface area (Å²) >= 11 is 1.81. The monoisotopic (exact) mass is 261 g/mol. The molecule has 16 heavy (non-hydrogen) atoms. The van der Waals surface area contributed by atoms with Crippen LogP contribution < -0.4 is 5.32 Å². The molecule has 0 saturated heterocycles. The molecular formula is C11H20ClN3S. The average molecular weight is 262 g/mol. The Hall–Kier alpha value is -0.160. The van der Waals surface area contributed by atoms with E-state index in [1.165, 1.54) is 23.4 Å². The van der Waals surface area contributed by atoms with Crippen molar-refractivity contribution in [1.29, 1.82) is 0 Å². The summed E-state index contributed by atoms with van der Waals surface area (Å²) in [6.07, 6.45) is 2.69. The molecule has 1 N–H and O–H groups in total. The van der Waals surface area contributed by atoms with Crippen LogP contribution in [0.3, 0.4) is 0 Å². The first-order valence-electron chi connectivity index (χ1n) is 5.56. The van der Waals surface area contributed by atoms with Gasteiger partial charge in [0.25, 0.3) is 0 Å². The maximum absolute atomic E-state index is 4.49. The van der Waals surface area contributed by atoms with Crippen molar-refractivity contribution in [3.63, 3.8) is 0 Å². The van der Waals surface area contributed by atoms with E-state index in [0.29, 0.717) is 0 Å². The molecule has 0 atom stereocenters. The first kappa shape index (κ1) is 13.9. The summed E-state index contributed by atoms with van der Waals surface area (Å²) < 4.78 is 0. The Labute approximate surface area is 108 Å². The number of thiazole rings is 1. The van der Waals surface area contributed by atoms with E-state index in [0.717, 1.165) is 25.6 Å². The van der Waals surface area contributed by atoms with E-state index in [4.69, 9.17) is 0 Å². The van der Waals surface area contributed by atoms with Crippen LogP contribution in [0.5, 0.6) is 0 Å². The molecule has 1 heterocycles. The van der Waals surface area contributed by atoms with Crippen molar-refractivity contribution in [2.45, 2.75) is 25.3 Å². The van der Waals surface area contributed by atoms with Gasteiger partial charge in [0, 0.05) is 30.4 Å². The Morgan fingerprint density at radius 3 is 2.94 bits per heavy atom. The second-order valence-electron chi connectivity index (χ2n) is 4.28. The smallest absolute Gasteiger partial charge is 0.0798 e. The zero-order valence-electron chi connectivity index (χ0n) is 9.90. The van der Waals surface area contributed by atoms with Crippen LogP contribution in [0.15, 0.2) is 5.51 Å². The fraction of sp³-hybridized carbons (Fsp3) is 0.727. The van der Waals surface area contributed by atoms with Crippen molar-refractivity contribution in [3.8, 4) is 0 Å². The largest absolute Gasteiger partial charge is 0.318 e. The third kappa shape index (κ3) is 3.70. The molecule has 1 fully saturated rings. The van der Waals surface area contributed by atoms with E-state index in [1.54, 1.807) is 11.3 Å². The number of likely N-dealkylation sites (N-methyl/N-ethyl adjacent to an activating group) is 2. The minimum atomic E-state index is 0. The van der Waals surface area contributed by atoms with Gasteiger partial charge >= 0.3 is 0 Å². The second-order valence-corrected chi connectivity index (χ2v) is 5.22. The van der Waals surface area contributed by atoms with Crippen molar-refractivity contribution >= 4 is 23.7 Å². The van der Waals surface area contributed by atoms with Gasteiger partial charge in [-0.1, -0.05) is 0 Å². The topological polar surface area (TPSA) is 28.2 Å². The van der Waals surface area contributed by atoms with E-state index < -0.39 is 0 Å². The van der Waals surface area contributed by atoms with Crippen LogP contribution in [-0.2, 0) is 6.54 Å². The van der Waals surface area contributed by atoms with Gasteiger partial charge in [0.15, 0.2) is 0 Å². The zero-order chi connectivity index (χ0) is 10.7. The molecule has 0 spiro atoms. The molecule has 1 saturated carbocycles. The fourth-order valence-electron chi connectivity index (χ4n) is 1.71. The zero-order valence-corrected chi connectivity index (χ0v) is 11.5. The predicted octanol–water partition coefficient (Wildman–Crippen LogP) is 2.09. The lowest BCUT2D eigenvalue weighted by molar-refractivity contribution is 0.330. The van der Waals surface area contributed by atoms with Crippen molar-refractivity contribution in [1.82, 2.24) is 15.2 Å². The van der Waals surface area contributed by atoms with Gasteiger partial charge < -0.3 is 5.32 Å². The quantitative estimate of drug-likeness (QED) is 0.850.